The summed E-state index contributed by atoms with van der Waals surface area (Å²) in [6.45, 7) is 5.92. The van der Waals surface area contributed by atoms with Crippen LogP contribution in [-0.4, -0.2) is 66.1 Å². The van der Waals surface area contributed by atoms with Gasteiger partial charge in [-0.2, -0.15) is 0 Å². The fraction of sp³-hybridized carbons (Fsp3) is 0.333. The van der Waals surface area contributed by atoms with E-state index in [4.69, 9.17) is 9.15 Å². The van der Waals surface area contributed by atoms with E-state index in [0.717, 1.165) is 43.8 Å². The summed E-state index contributed by atoms with van der Waals surface area (Å²) in [5.41, 5.74) is 2.22. The van der Waals surface area contributed by atoms with Crippen LogP contribution in [0.1, 0.15) is 11.5 Å². The number of rotatable bonds is 4. The Hall–Kier alpha value is -2.88. The van der Waals surface area contributed by atoms with E-state index in [9.17, 15) is 0 Å². The first-order valence-electron chi connectivity index (χ1n) is 9.13. The summed E-state index contributed by atoms with van der Waals surface area (Å²) in [5.74, 6) is 7.05. The topological polar surface area (TPSA) is 54.6 Å². The lowest BCUT2D eigenvalue weighted by Gasteiger charge is -2.32. The van der Waals surface area contributed by atoms with Crippen molar-refractivity contribution in [3.8, 4) is 17.6 Å². The van der Waals surface area contributed by atoms with Crippen molar-refractivity contribution < 1.29 is 9.15 Å². The third kappa shape index (κ3) is 4.45. The predicted molar refractivity (Wildman–Crippen MR) is 104 cm³/mol. The van der Waals surface area contributed by atoms with E-state index in [-0.39, 0.29) is 0 Å². The van der Waals surface area contributed by atoms with Crippen LogP contribution in [-0.2, 0) is 0 Å². The zero-order chi connectivity index (χ0) is 18.5. The van der Waals surface area contributed by atoms with Gasteiger partial charge in [0.2, 0.25) is 0 Å². The maximum Gasteiger partial charge on any atom is 0.274 e. The van der Waals surface area contributed by atoms with Crippen LogP contribution in [0.5, 0.6) is 5.75 Å². The third-order valence-corrected chi connectivity index (χ3v) is 4.62. The molecule has 0 unspecified atom stereocenters. The normalized spacial score (nSPS) is 15.4. The molecule has 0 spiro atoms. The van der Waals surface area contributed by atoms with E-state index >= 15 is 0 Å². The zero-order valence-electron chi connectivity index (χ0n) is 15.4. The molecule has 0 bridgehead atoms. The highest BCUT2D eigenvalue weighted by molar-refractivity contribution is 5.79. The molecule has 2 aromatic heterocycles. The first-order valence-corrected chi connectivity index (χ1v) is 9.13. The summed E-state index contributed by atoms with van der Waals surface area (Å²) < 4.78 is 11.8. The van der Waals surface area contributed by atoms with Gasteiger partial charge in [0.1, 0.15) is 12.1 Å². The molecule has 0 radical (unpaired) electrons. The van der Waals surface area contributed by atoms with Gasteiger partial charge in [-0.05, 0) is 37.2 Å². The lowest BCUT2D eigenvalue weighted by atomic mass is 10.3. The second-order valence-electron chi connectivity index (χ2n) is 6.61. The maximum absolute atomic E-state index is 5.98. The van der Waals surface area contributed by atoms with Crippen molar-refractivity contribution in [1.82, 2.24) is 19.8 Å². The molecule has 3 aromatic rings. The van der Waals surface area contributed by atoms with Crippen LogP contribution < -0.4 is 4.74 Å². The molecule has 6 heteroatoms. The molecular weight excluding hydrogens is 340 g/mol. The Morgan fingerprint density at radius 3 is 2.81 bits per heavy atom. The number of aromatic nitrogens is 2. The van der Waals surface area contributed by atoms with Crippen LogP contribution in [0.25, 0.3) is 11.1 Å². The lowest BCUT2D eigenvalue weighted by Crippen LogP contribution is -2.45. The molecule has 0 atom stereocenters. The maximum atomic E-state index is 5.98. The Kier molecular flexibility index (Phi) is 5.33. The van der Waals surface area contributed by atoms with Gasteiger partial charge < -0.3 is 14.1 Å². The molecule has 1 aromatic carbocycles. The van der Waals surface area contributed by atoms with Crippen LogP contribution in [0.3, 0.4) is 0 Å². The monoisotopic (exact) mass is 362 g/mol. The van der Waals surface area contributed by atoms with Crippen molar-refractivity contribution in [2.24, 2.45) is 0 Å². The molecule has 27 heavy (non-hydrogen) atoms. The average Bonchev–Trinajstić information content (AvgIpc) is 3.13. The molecule has 0 aliphatic carbocycles. The van der Waals surface area contributed by atoms with Gasteiger partial charge in [-0.25, -0.2) is 4.98 Å². The summed E-state index contributed by atoms with van der Waals surface area (Å²) >= 11 is 0. The molecule has 3 heterocycles. The third-order valence-electron chi connectivity index (χ3n) is 4.62. The van der Waals surface area contributed by atoms with E-state index in [2.05, 4.69) is 38.7 Å². The molecule has 1 fully saturated rings. The smallest absolute Gasteiger partial charge is 0.274 e. The van der Waals surface area contributed by atoms with E-state index in [1.54, 1.807) is 12.4 Å². The van der Waals surface area contributed by atoms with Crippen molar-refractivity contribution in [2.45, 2.75) is 0 Å². The summed E-state index contributed by atoms with van der Waals surface area (Å²) in [6, 6.07) is 9.49. The summed E-state index contributed by atoms with van der Waals surface area (Å²) in [6.07, 6.45) is 3.43. The Balaban J connectivity index is 1.43. The number of hydrogen-bond donors (Lipinski definition) is 0. The van der Waals surface area contributed by atoms with Gasteiger partial charge in [-0.3, -0.25) is 9.88 Å². The quantitative estimate of drug-likeness (QED) is 0.664. The van der Waals surface area contributed by atoms with Gasteiger partial charge in [0, 0.05) is 50.7 Å². The SMILES string of the molecule is CN1CCN(CCOc2cccc3nc(C#Cc4cccnc4)oc23)CC1. The first kappa shape index (κ1) is 17.5. The Morgan fingerprint density at radius 2 is 2.00 bits per heavy atom. The lowest BCUT2D eigenvalue weighted by molar-refractivity contribution is 0.134. The van der Waals surface area contributed by atoms with Gasteiger partial charge >= 0.3 is 0 Å². The number of nitrogens with zero attached hydrogens (tertiary/aromatic N) is 4. The predicted octanol–water partition coefficient (Wildman–Crippen LogP) is 2.25. The van der Waals surface area contributed by atoms with Crippen LogP contribution in [0.4, 0.5) is 0 Å². The fourth-order valence-corrected chi connectivity index (χ4v) is 3.01. The van der Waals surface area contributed by atoms with Gasteiger partial charge in [0.05, 0.1) is 0 Å². The van der Waals surface area contributed by atoms with Crippen LogP contribution in [0, 0.1) is 11.8 Å². The number of para-hydroxylation sites is 1. The van der Waals surface area contributed by atoms with Gasteiger partial charge in [-0.15, -0.1) is 0 Å². The number of pyridine rings is 1. The first-order chi connectivity index (χ1) is 13.3. The number of ether oxygens (including phenoxy) is 1. The molecule has 1 aliphatic rings. The minimum Gasteiger partial charge on any atom is -0.488 e. The molecule has 6 nitrogen and oxygen atoms in total. The zero-order valence-corrected chi connectivity index (χ0v) is 15.4. The van der Waals surface area contributed by atoms with Crippen molar-refractivity contribution in [1.29, 1.82) is 0 Å². The van der Waals surface area contributed by atoms with Crippen LogP contribution in [0.2, 0.25) is 0 Å². The number of likely N-dealkylation sites (N-methyl/N-ethyl adjacent to an activating group) is 1. The number of benzene rings is 1. The molecule has 0 N–H and O–H groups in total. The minimum absolute atomic E-state index is 0.379. The molecule has 0 saturated carbocycles. The van der Waals surface area contributed by atoms with E-state index in [1.807, 2.05) is 30.3 Å². The number of fused-ring (bicyclic) bond motifs is 1. The van der Waals surface area contributed by atoms with Crippen LogP contribution >= 0.6 is 0 Å². The minimum atomic E-state index is 0.379. The Morgan fingerprint density at radius 1 is 1.11 bits per heavy atom. The molecule has 1 saturated heterocycles. The van der Waals surface area contributed by atoms with Crippen molar-refractivity contribution in [2.75, 3.05) is 46.4 Å². The summed E-state index contributed by atoms with van der Waals surface area (Å²) in [7, 11) is 2.16. The van der Waals surface area contributed by atoms with Gasteiger partial charge in [0.15, 0.2) is 11.3 Å². The van der Waals surface area contributed by atoms with E-state index in [1.165, 1.54) is 0 Å². The highest BCUT2D eigenvalue weighted by Gasteiger charge is 2.14. The highest BCUT2D eigenvalue weighted by Crippen LogP contribution is 2.26. The second-order valence-corrected chi connectivity index (χ2v) is 6.61. The van der Waals surface area contributed by atoms with Crippen molar-refractivity contribution in [3.63, 3.8) is 0 Å². The van der Waals surface area contributed by atoms with Crippen molar-refractivity contribution in [3.05, 3.63) is 54.2 Å². The number of oxazole rings is 1. The largest absolute Gasteiger partial charge is 0.488 e. The van der Waals surface area contributed by atoms with E-state index < -0.39 is 0 Å². The Labute approximate surface area is 158 Å². The van der Waals surface area contributed by atoms with Crippen LogP contribution in [0.15, 0.2) is 47.1 Å². The fourth-order valence-electron chi connectivity index (χ4n) is 3.01. The van der Waals surface area contributed by atoms with E-state index in [0.29, 0.717) is 23.8 Å². The van der Waals surface area contributed by atoms with Crippen molar-refractivity contribution >= 4 is 11.1 Å². The Bertz CT molecular complexity index is 950. The highest BCUT2D eigenvalue weighted by atomic mass is 16.5. The molecule has 0 amide bonds. The number of piperazine rings is 1. The standard InChI is InChI=1S/C21H22N4O2/c1-24-10-12-25(13-11-24)14-15-26-19-6-2-5-18-21(19)27-20(23-18)8-7-17-4-3-9-22-16-17/h2-6,9,16H,10-15H2,1H3. The summed E-state index contributed by atoms with van der Waals surface area (Å²) in [5, 5.41) is 0. The molecule has 138 valence electrons. The van der Waals surface area contributed by atoms with Gasteiger partial charge in [0.25, 0.3) is 5.89 Å². The molecular formula is C21H22N4O2. The summed E-state index contributed by atoms with van der Waals surface area (Å²) in [4.78, 5) is 13.3. The second kappa shape index (κ2) is 8.21. The number of hydrogen-bond acceptors (Lipinski definition) is 6. The van der Waals surface area contributed by atoms with Gasteiger partial charge in [-0.1, -0.05) is 12.0 Å². The molecule has 4 rings (SSSR count). The average molecular weight is 362 g/mol. The molecule has 1 aliphatic heterocycles.